The fourth-order valence-electron chi connectivity index (χ4n) is 2.55. The topological polar surface area (TPSA) is 26.7 Å². The fourth-order valence-corrected chi connectivity index (χ4v) is 2.55. The standard InChI is InChI=1S/C14H21FN2O/c1-2-6-16-7-9-17(10-8-16)14-12(11-18)4-3-5-13(14)15/h3-5,18H,2,6-11H2,1H3. The molecule has 100 valence electrons. The summed E-state index contributed by atoms with van der Waals surface area (Å²) in [6.07, 6.45) is 1.15. The molecular formula is C14H21FN2O. The van der Waals surface area contributed by atoms with Gasteiger partial charge in [-0.1, -0.05) is 19.1 Å². The Morgan fingerprint density at radius 2 is 1.94 bits per heavy atom. The van der Waals surface area contributed by atoms with Gasteiger partial charge in [-0.3, -0.25) is 4.90 Å². The predicted molar refractivity (Wildman–Crippen MR) is 71.3 cm³/mol. The Bertz CT molecular complexity index is 389. The van der Waals surface area contributed by atoms with E-state index in [1.54, 1.807) is 12.1 Å². The van der Waals surface area contributed by atoms with Gasteiger partial charge in [-0.05, 0) is 19.0 Å². The molecule has 0 spiro atoms. The second kappa shape index (κ2) is 6.16. The Morgan fingerprint density at radius 3 is 2.56 bits per heavy atom. The molecule has 3 nitrogen and oxygen atoms in total. The molecule has 1 aliphatic rings. The molecule has 0 unspecified atom stereocenters. The van der Waals surface area contributed by atoms with Crippen molar-refractivity contribution in [1.82, 2.24) is 4.90 Å². The first-order chi connectivity index (χ1) is 8.76. The molecule has 2 rings (SSSR count). The van der Waals surface area contributed by atoms with Crippen LogP contribution in [0.2, 0.25) is 0 Å². The Balaban J connectivity index is 2.09. The molecule has 4 heteroatoms. The molecule has 1 heterocycles. The molecule has 1 aromatic rings. The maximum Gasteiger partial charge on any atom is 0.146 e. The van der Waals surface area contributed by atoms with Gasteiger partial charge in [0.1, 0.15) is 5.82 Å². The monoisotopic (exact) mass is 252 g/mol. The zero-order valence-electron chi connectivity index (χ0n) is 10.9. The van der Waals surface area contributed by atoms with Crippen molar-refractivity contribution in [2.45, 2.75) is 20.0 Å². The SMILES string of the molecule is CCCN1CCN(c2c(F)cccc2CO)CC1. The lowest BCUT2D eigenvalue weighted by Gasteiger charge is -2.36. The Morgan fingerprint density at radius 1 is 1.22 bits per heavy atom. The quantitative estimate of drug-likeness (QED) is 0.886. The number of para-hydroxylation sites is 1. The summed E-state index contributed by atoms with van der Waals surface area (Å²) >= 11 is 0. The first-order valence-electron chi connectivity index (χ1n) is 6.61. The Hall–Kier alpha value is -1.13. The van der Waals surface area contributed by atoms with Gasteiger partial charge in [0.05, 0.1) is 12.3 Å². The predicted octanol–water partition coefficient (Wildman–Crippen LogP) is 1.85. The van der Waals surface area contributed by atoms with Gasteiger partial charge in [-0.15, -0.1) is 0 Å². The van der Waals surface area contributed by atoms with E-state index in [1.165, 1.54) is 6.07 Å². The number of aliphatic hydroxyl groups is 1. The van der Waals surface area contributed by atoms with Crippen LogP contribution in [0.15, 0.2) is 18.2 Å². The highest BCUT2D eigenvalue weighted by Gasteiger charge is 2.20. The molecule has 1 N–H and O–H groups in total. The Labute approximate surface area is 108 Å². The lowest BCUT2D eigenvalue weighted by molar-refractivity contribution is 0.255. The minimum Gasteiger partial charge on any atom is -0.392 e. The molecule has 1 aliphatic heterocycles. The number of halogens is 1. The molecule has 0 saturated carbocycles. The number of benzene rings is 1. The van der Waals surface area contributed by atoms with E-state index >= 15 is 0 Å². The largest absolute Gasteiger partial charge is 0.392 e. The van der Waals surface area contributed by atoms with E-state index in [4.69, 9.17) is 0 Å². The minimum absolute atomic E-state index is 0.109. The normalized spacial score (nSPS) is 17.2. The average molecular weight is 252 g/mol. The van der Waals surface area contributed by atoms with Crippen LogP contribution in [0.25, 0.3) is 0 Å². The third-order valence-electron chi connectivity index (χ3n) is 3.47. The highest BCUT2D eigenvalue weighted by Crippen LogP contribution is 2.25. The van der Waals surface area contributed by atoms with Crippen LogP contribution in [0, 0.1) is 5.82 Å². The molecule has 0 radical (unpaired) electrons. The number of aliphatic hydroxyl groups excluding tert-OH is 1. The molecule has 18 heavy (non-hydrogen) atoms. The summed E-state index contributed by atoms with van der Waals surface area (Å²) in [6, 6.07) is 4.90. The van der Waals surface area contributed by atoms with Gasteiger partial charge in [0.2, 0.25) is 0 Å². The number of piperazine rings is 1. The molecule has 0 aliphatic carbocycles. The lowest BCUT2D eigenvalue weighted by atomic mass is 10.1. The number of rotatable bonds is 4. The zero-order chi connectivity index (χ0) is 13.0. The number of anilines is 1. The van der Waals surface area contributed by atoms with Crippen LogP contribution >= 0.6 is 0 Å². The summed E-state index contributed by atoms with van der Waals surface area (Å²) in [6.45, 7) is 6.76. The van der Waals surface area contributed by atoms with Gasteiger partial charge >= 0.3 is 0 Å². The summed E-state index contributed by atoms with van der Waals surface area (Å²) in [4.78, 5) is 4.45. The van der Waals surface area contributed by atoms with Gasteiger partial charge in [0.25, 0.3) is 0 Å². The van der Waals surface area contributed by atoms with Gasteiger partial charge in [0, 0.05) is 31.7 Å². The summed E-state index contributed by atoms with van der Waals surface area (Å²) in [7, 11) is 0. The van der Waals surface area contributed by atoms with Crippen molar-refractivity contribution in [3.05, 3.63) is 29.6 Å². The first kappa shape index (κ1) is 13.3. The third kappa shape index (κ3) is 2.82. The molecular weight excluding hydrogens is 231 g/mol. The van der Waals surface area contributed by atoms with Gasteiger partial charge in [-0.25, -0.2) is 4.39 Å². The van der Waals surface area contributed by atoms with Crippen LogP contribution in [0.1, 0.15) is 18.9 Å². The van der Waals surface area contributed by atoms with E-state index < -0.39 is 0 Å². The molecule has 0 aromatic heterocycles. The van der Waals surface area contributed by atoms with Crippen molar-refractivity contribution in [2.75, 3.05) is 37.6 Å². The number of nitrogens with zero attached hydrogens (tertiary/aromatic N) is 2. The van der Waals surface area contributed by atoms with Gasteiger partial charge < -0.3 is 10.0 Å². The second-order valence-corrected chi connectivity index (χ2v) is 4.73. The van der Waals surface area contributed by atoms with Crippen molar-refractivity contribution < 1.29 is 9.50 Å². The highest BCUT2D eigenvalue weighted by molar-refractivity contribution is 5.55. The van der Waals surface area contributed by atoms with E-state index in [9.17, 15) is 9.50 Å². The summed E-state index contributed by atoms with van der Waals surface area (Å²) in [5.41, 5.74) is 1.26. The van der Waals surface area contributed by atoms with E-state index in [-0.39, 0.29) is 12.4 Å². The van der Waals surface area contributed by atoms with Crippen molar-refractivity contribution in [2.24, 2.45) is 0 Å². The van der Waals surface area contributed by atoms with E-state index in [0.717, 1.165) is 39.1 Å². The smallest absolute Gasteiger partial charge is 0.146 e. The van der Waals surface area contributed by atoms with Crippen molar-refractivity contribution >= 4 is 5.69 Å². The zero-order valence-corrected chi connectivity index (χ0v) is 10.9. The number of hydrogen-bond donors (Lipinski definition) is 1. The maximum absolute atomic E-state index is 13.9. The van der Waals surface area contributed by atoms with E-state index in [2.05, 4.69) is 11.8 Å². The van der Waals surface area contributed by atoms with Gasteiger partial charge in [-0.2, -0.15) is 0 Å². The molecule has 0 atom stereocenters. The van der Waals surface area contributed by atoms with Crippen molar-refractivity contribution in [3.63, 3.8) is 0 Å². The first-order valence-corrected chi connectivity index (χ1v) is 6.61. The van der Waals surface area contributed by atoms with Crippen LogP contribution in [-0.2, 0) is 6.61 Å². The fraction of sp³-hybridized carbons (Fsp3) is 0.571. The van der Waals surface area contributed by atoms with Crippen LogP contribution in [-0.4, -0.2) is 42.7 Å². The number of hydrogen-bond acceptors (Lipinski definition) is 3. The highest BCUT2D eigenvalue weighted by atomic mass is 19.1. The average Bonchev–Trinajstić information content (AvgIpc) is 2.40. The molecule has 1 saturated heterocycles. The summed E-state index contributed by atoms with van der Waals surface area (Å²) in [5.74, 6) is -0.231. The third-order valence-corrected chi connectivity index (χ3v) is 3.47. The van der Waals surface area contributed by atoms with Crippen LogP contribution in [0.5, 0.6) is 0 Å². The molecule has 1 fully saturated rings. The minimum atomic E-state index is -0.231. The second-order valence-electron chi connectivity index (χ2n) is 4.73. The van der Waals surface area contributed by atoms with Gasteiger partial charge in [0.15, 0.2) is 0 Å². The molecule has 0 amide bonds. The lowest BCUT2D eigenvalue weighted by Crippen LogP contribution is -2.47. The van der Waals surface area contributed by atoms with Crippen LogP contribution in [0.4, 0.5) is 10.1 Å². The summed E-state index contributed by atoms with van der Waals surface area (Å²) in [5, 5.41) is 9.31. The molecule has 0 bridgehead atoms. The van der Waals surface area contributed by atoms with E-state index in [1.807, 2.05) is 4.90 Å². The van der Waals surface area contributed by atoms with Crippen molar-refractivity contribution in [3.8, 4) is 0 Å². The van der Waals surface area contributed by atoms with E-state index in [0.29, 0.717) is 11.3 Å². The summed E-state index contributed by atoms with van der Waals surface area (Å²) < 4.78 is 13.9. The van der Waals surface area contributed by atoms with Crippen LogP contribution < -0.4 is 4.90 Å². The van der Waals surface area contributed by atoms with Crippen LogP contribution in [0.3, 0.4) is 0 Å². The molecule has 1 aromatic carbocycles. The maximum atomic E-state index is 13.9. The van der Waals surface area contributed by atoms with Crippen molar-refractivity contribution in [1.29, 1.82) is 0 Å². The Kier molecular flexibility index (Phi) is 4.55.